The van der Waals surface area contributed by atoms with Crippen molar-refractivity contribution >= 4 is 23.9 Å². The standard InChI is InChI=1S/C25H28N2O7/c1-4-27(14-19-7-11-21-22(13-19)34-16-33-21)24(29)15-32-25(30)17(2)26-23(28)12-8-18-5-9-20(31-3)10-6-18/h5-13,17H,4,14-16H2,1-3H3,(H,26,28)/b12-8+/t17-/m0/s1. The summed E-state index contributed by atoms with van der Waals surface area (Å²) >= 11 is 0. The van der Waals surface area contributed by atoms with Crippen LogP contribution >= 0.6 is 0 Å². The molecule has 0 aromatic heterocycles. The number of esters is 1. The summed E-state index contributed by atoms with van der Waals surface area (Å²) in [5.74, 6) is 0.528. The molecule has 2 amide bonds. The molecule has 1 atom stereocenters. The summed E-state index contributed by atoms with van der Waals surface area (Å²) in [6, 6.07) is 11.7. The Morgan fingerprint density at radius 2 is 1.85 bits per heavy atom. The quantitative estimate of drug-likeness (QED) is 0.422. The smallest absolute Gasteiger partial charge is 0.328 e. The number of methoxy groups -OCH3 is 1. The van der Waals surface area contributed by atoms with Gasteiger partial charge in [-0.1, -0.05) is 18.2 Å². The Morgan fingerprint density at radius 1 is 1.12 bits per heavy atom. The fourth-order valence-corrected chi connectivity index (χ4v) is 3.19. The van der Waals surface area contributed by atoms with Crippen LogP contribution < -0.4 is 19.5 Å². The van der Waals surface area contributed by atoms with Crippen LogP contribution in [0.1, 0.15) is 25.0 Å². The molecule has 0 aliphatic carbocycles. The molecule has 1 aliphatic heterocycles. The summed E-state index contributed by atoms with van der Waals surface area (Å²) in [4.78, 5) is 38.5. The van der Waals surface area contributed by atoms with E-state index in [1.165, 1.54) is 13.0 Å². The minimum Gasteiger partial charge on any atom is -0.497 e. The van der Waals surface area contributed by atoms with Crippen molar-refractivity contribution in [2.75, 3.05) is 27.1 Å². The lowest BCUT2D eigenvalue weighted by Crippen LogP contribution is -2.41. The second-order valence-corrected chi connectivity index (χ2v) is 7.54. The first-order chi connectivity index (χ1) is 16.4. The number of fused-ring (bicyclic) bond motifs is 1. The molecule has 1 heterocycles. The number of amides is 2. The van der Waals surface area contributed by atoms with E-state index in [1.807, 2.05) is 19.1 Å². The van der Waals surface area contributed by atoms with Gasteiger partial charge in [-0.25, -0.2) is 4.79 Å². The lowest BCUT2D eigenvalue weighted by atomic mass is 10.2. The predicted octanol–water partition coefficient (Wildman–Crippen LogP) is 2.53. The number of carbonyl (C=O) groups is 3. The van der Waals surface area contributed by atoms with Crippen molar-refractivity contribution in [1.82, 2.24) is 10.2 Å². The van der Waals surface area contributed by atoms with Crippen LogP contribution in [0.15, 0.2) is 48.5 Å². The second-order valence-electron chi connectivity index (χ2n) is 7.54. The van der Waals surface area contributed by atoms with Gasteiger partial charge >= 0.3 is 5.97 Å². The molecular formula is C25H28N2O7. The Morgan fingerprint density at radius 3 is 2.56 bits per heavy atom. The van der Waals surface area contributed by atoms with Crippen molar-refractivity contribution in [3.63, 3.8) is 0 Å². The van der Waals surface area contributed by atoms with Crippen molar-refractivity contribution < 1.29 is 33.3 Å². The van der Waals surface area contributed by atoms with Gasteiger partial charge in [-0.3, -0.25) is 9.59 Å². The molecular weight excluding hydrogens is 440 g/mol. The molecule has 2 aromatic carbocycles. The normalized spacial score (nSPS) is 12.8. The van der Waals surface area contributed by atoms with Crippen molar-refractivity contribution in [3.05, 3.63) is 59.7 Å². The SMILES string of the molecule is CCN(Cc1ccc2c(c1)OCO2)C(=O)COC(=O)[C@H](C)NC(=O)/C=C/c1ccc(OC)cc1. The summed E-state index contributed by atoms with van der Waals surface area (Å²) in [5.41, 5.74) is 1.67. The molecule has 1 N–H and O–H groups in total. The number of likely N-dealkylation sites (N-methyl/N-ethyl adjacent to an activating group) is 1. The van der Waals surface area contributed by atoms with Gasteiger partial charge in [0.15, 0.2) is 18.1 Å². The monoisotopic (exact) mass is 468 g/mol. The second kappa shape index (κ2) is 11.7. The molecule has 0 saturated heterocycles. The fraction of sp³-hybridized carbons (Fsp3) is 0.320. The summed E-state index contributed by atoms with van der Waals surface area (Å²) < 4.78 is 20.9. The lowest BCUT2D eigenvalue weighted by molar-refractivity contribution is -0.154. The Bertz CT molecular complexity index is 1050. The number of rotatable bonds is 10. The van der Waals surface area contributed by atoms with Gasteiger partial charge in [0.25, 0.3) is 5.91 Å². The Hall–Kier alpha value is -4.01. The van der Waals surface area contributed by atoms with Crippen LogP contribution in [0.3, 0.4) is 0 Å². The maximum atomic E-state index is 12.6. The van der Waals surface area contributed by atoms with E-state index in [0.29, 0.717) is 30.3 Å². The maximum absolute atomic E-state index is 12.6. The Kier molecular flexibility index (Phi) is 8.50. The van der Waals surface area contributed by atoms with E-state index in [-0.39, 0.29) is 12.7 Å². The summed E-state index contributed by atoms with van der Waals surface area (Å²) in [7, 11) is 1.57. The highest BCUT2D eigenvalue weighted by atomic mass is 16.7. The molecule has 0 spiro atoms. The molecule has 0 unspecified atom stereocenters. The van der Waals surface area contributed by atoms with Gasteiger partial charge in [-0.2, -0.15) is 0 Å². The van der Waals surface area contributed by atoms with E-state index in [2.05, 4.69) is 5.32 Å². The third kappa shape index (κ3) is 6.74. The van der Waals surface area contributed by atoms with E-state index in [0.717, 1.165) is 11.1 Å². The van der Waals surface area contributed by atoms with Crippen LogP contribution in [0, 0.1) is 0 Å². The van der Waals surface area contributed by atoms with Gasteiger partial charge < -0.3 is 29.2 Å². The first kappa shape index (κ1) is 24.6. The van der Waals surface area contributed by atoms with E-state index in [1.54, 1.807) is 48.4 Å². The molecule has 9 heteroatoms. The number of carbonyl (C=O) groups excluding carboxylic acids is 3. The first-order valence-corrected chi connectivity index (χ1v) is 10.8. The van der Waals surface area contributed by atoms with Crippen LogP contribution in [-0.2, 0) is 25.7 Å². The minimum absolute atomic E-state index is 0.178. The van der Waals surface area contributed by atoms with E-state index >= 15 is 0 Å². The summed E-state index contributed by atoms with van der Waals surface area (Å²) in [6.07, 6.45) is 2.94. The van der Waals surface area contributed by atoms with Gasteiger partial charge in [0.2, 0.25) is 12.7 Å². The van der Waals surface area contributed by atoms with Crippen LogP contribution in [0.4, 0.5) is 0 Å². The van der Waals surface area contributed by atoms with Crippen molar-refractivity contribution in [3.8, 4) is 17.2 Å². The predicted molar refractivity (Wildman–Crippen MR) is 124 cm³/mol. The zero-order valence-electron chi connectivity index (χ0n) is 19.4. The van der Waals surface area contributed by atoms with Crippen LogP contribution in [0.2, 0.25) is 0 Å². The number of nitrogens with zero attached hydrogens (tertiary/aromatic N) is 1. The van der Waals surface area contributed by atoms with Crippen molar-refractivity contribution in [2.24, 2.45) is 0 Å². The zero-order chi connectivity index (χ0) is 24.5. The molecule has 1 aliphatic rings. The molecule has 2 aromatic rings. The summed E-state index contributed by atoms with van der Waals surface area (Å²) in [5, 5.41) is 2.53. The molecule has 0 fully saturated rings. The maximum Gasteiger partial charge on any atom is 0.328 e. The Labute approximate surface area is 198 Å². The Balaban J connectivity index is 1.44. The first-order valence-electron chi connectivity index (χ1n) is 10.8. The van der Waals surface area contributed by atoms with Gasteiger partial charge in [0, 0.05) is 19.2 Å². The molecule has 9 nitrogen and oxygen atoms in total. The number of nitrogens with one attached hydrogen (secondary N) is 1. The van der Waals surface area contributed by atoms with Crippen LogP contribution in [0.25, 0.3) is 6.08 Å². The fourth-order valence-electron chi connectivity index (χ4n) is 3.19. The van der Waals surface area contributed by atoms with Gasteiger partial charge in [-0.05, 0) is 55.3 Å². The van der Waals surface area contributed by atoms with Crippen molar-refractivity contribution in [2.45, 2.75) is 26.4 Å². The number of hydrogen-bond donors (Lipinski definition) is 1. The van der Waals surface area contributed by atoms with E-state index in [9.17, 15) is 14.4 Å². The highest BCUT2D eigenvalue weighted by Crippen LogP contribution is 2.32. The topological polar surface area (TPSA) is 103 Å². The number of benzene rings is 2. The van der Waals surface area contributed by atoms with Gasteiger partial charge in [0.1, 0.15) is 11.8 Å². The molecule has 0 radical (unpaired) electrons. The molecule has 0 bridgehead atoms. The average Bonchev–Trinajstić information content (AvgIpc) is 3.32. The lowest BCUT2D eigenvalue weighted by Gasteiger charge is -2.21. The number of hydrogen-bond acceptors (Lipinski definition) is 7. The molecule has 0 saturated carbocycles. The molecule has 3 rings (SSSR count). The number of ether oxygens (including phenoxy) is 4. The van der Waals surface area contributed by atoms with Gasteiger partial charge in [0.05, 0.1) is 7.11 Å². The zero-order valence-corrected chi connectivity index (χ0v) is 19.4. The van der Waals surface area contributed by atoms with E-state index < -0.39 is 24.5 Å². The van der Waals surface area contributed by atoms with Crippen molar-refractivity contribution in [1.29, 1.82) is 0 Å². The van der Waals surface area contributed by atoms with Gasteiger partial charge in [-0.15, -0.1) is 0 Å². The van der Waals surface area contributed by atoms with E-state index in [4.69, 9.17) is 18.9 Å². The molecule has 34 heavy (non-hydrogen) atoms. The minimum atomic E-state index is -0.912. The highest BCUT2D eigenvalue weighted by Gasteiger charge is 2.20. The molecule has 180 valence electrons. The third-order valence-corrected chi connectivity index (χ3v) is 5.14. The largest absolute Gasteiger partial charge is 0.497 e. The average molecular weight is 469 g/mol. The summed E-state index contributed by atoms with van der Waals surface area (Å²) in [6.45, 7) is 3.87. The third-order valence-electron chi connectivity index (χ3n) is 5.14. The van der Waals surface area contributed by atoms with Crippen LogP contribution in [0.5, 0.6) is 17.2 Å². The van der Waals surface area contributed by atoms with Crippen LogP contribution in [-0.4, -0.2) is 55.8 Å². The highest BCUT2D eigenvalue weighted by molar-refractivity contribution is 5.94.